The molecule has 0 radical (unpaired) electrons. The van der Waals surface area contributed by atoms with E-state index in [-0.39, 0.29) is 5.54 Å². The van der Waals surface area contributed by atoms with E-state index < -0.39 is 0 Å². The van der Waals surface area contributed by atoms with Crippen molar-refractivity contribution in [3.63, 3.8) is 0 Å². The van der Waals surface area contributed by atoms with Crippen LogP contribution in [0.25, 0.3) is 0 Å². The van der Waals surface area contributed by atoms with E-state index in [0.717, 1.165) is 39.1 Å². The summed E-state index contributed by atoms with van der Waals surface area (Å²) in [5.41, 5.74) is 2.99. The molecule has 112 valence electrons. The van der Waals surface area contributed by atoms with Gasteiger partial charge in [-0.25, -0.2) is 0 Å². The van der Waals surface area contributed by atoms with Crippen LogP contribution in [0, 0.1) is 0 Å². The Balaban J connectivity index is 2.20. The highest BCUT2D eigenvalue weighted by molar-refractivity contribution is 5.54. The molecule has 1 aliphatic rings. The van der Waals surface area contributed by atoms with Gasteiger partial charge in [-0.05, 0) is 44.4 Å². The second kappa shape index (κ2) is 7.09. The minimum Gasteiger partial charge on any atom is -0.384 e. The molecule has 0 saturated carbocycles. The number of methoxy groups -OCH3 is 1. The number of ether oxygens (including phenoxy) is 1. The molecule has 3 nitrogen and oxygen atoms in total. The zero-order valence-corrected chi connectivity index (χ0v) is 13.1. The summed E-state index contributed by atoms with van der Waals surface area (Å²) in [5, 5.41) is 3.70. The first-order valence-electron chi connectivity index (χ1n) is 7.75. The summed E-state index contributed by atoms with van der Waals surface area (Å²) in [5.74, 6) is 0. The molecule has 1 fully saturated rings. The van der Waals surface area contributed by atoms with Gasteiger partial charge in [0, 0.05) is 31.4 Å². The lowest BCUT2D eigenvalue weighted by Gasteiger charge is -2.34. The smallest absolute Gasteiger partial charge is 0.0503 e. The van der Waals surface area contributed by atoms with Crippen molar-refractivity contribution in [2.45, 2.75) is 38.6 Å². The largest absolute Gasteiger partial charge is 0.384 e. The molecular weight excluding hydrogens is 248 g/mol. The summed E-state index contributed by atoms with van der Waals surface area (Å²) in [6.45, 7) is 8.71. The summed E-state index contributed by atoms with van der Waals surface area (Å²) >= 11 is 0. The van der Waals surface area contributed by atoms with Gasteiger partial charge >= 0.3 is 0 Å². The van der Waals surface area contributed by atoms with Gasteiger partial charge in [-0.15, -0.1) is 0 Å². The van der Waals surface area contributed by atoms with Gasteiger partial charge in [0.25, 0.3) is 0 Å². The monoisotopic (exact) mass is 276 g/mol. The van der Waals surface area contributed by atoms with Gasteiger partial charge in [0.1, 0.15) is 0 Å². The van der Waals surface area contributed by atoms with Crippen LogP contribution in [0.1, 0.15) is 32.3 Å². The van der Waals surface area contributed by atoms with Gasteiger partial charge < -0.3 is 15.0 Å². The zero-order chi connectivity index (χ0) is 14.4. The first kappa shape index (κ1) is 15.3. The normalized spacial score (nSPS) is 23.6. The third kappa shape index (κ3) is 3.74. The van der Waals surface area contributed by atoms with Gasteiger partial charge in [0.05, 0.1) is 6.61 Å². The van der Waals surface area contributed by atoms with E-state index in [1.807, 2.05) is 0 Å². The second-order valence-electron chi connectivity index (χ2n) is 5.99. The molecule has 2 rings (SSSR count). The third-order valence-corrected chi connectivity index (χ3v) is 4.38. The van der Waals surface area contributed by atoms with Crippen molar-refractivity contribution in [1.82, 2.24) is 5.32 Å². The first-order chi connectivity index (χ1) is 9.68. The maximum Gasteiger partial charge on any atom is 0.0503 e. The Morgan fingerprint density at radius 2 is 2.15 bits per heavy atom. The summed E-state index contributed by atoms with van der Waals surface area (Å²) in [6.07, 6.45) is 3.34. The molecule has 0 aromatic heterocycles. The summed E-state index contributed by atoms with van der Waals surface area (Å²) in [7, 11) is 1.77. The van der Waals surface area contributed by atoms with Crippen LogP contribution >= 0.6 is 0 Å². The second-order valence-corrected chi connectivity index (χ2v) is 5.99. The number of nitrogens with zero attached hydrogens (tertiary/aromatic N) is 1. The van der Waals surface area contributed by atoms with E-state index in [9.17, 15) is 0 Å². The number of rotatable bonds is 5. The van der Waals surface area contributed by atoms with E-state index in [1.54, 1.807) is 7.11 Å². The highest BCUT2D eigenvalue weighted by Crippen LogP contribution is 2.25. The average molecular weight is 276 g/mol. The minimum absolute atomic E-state index is 0.213. The van der Waals surface area contributed by atoms with E-state index in [0.29, 0.717) is 0 Å². The molecule has 1 aromatic rings. The lowest BCUT2D eigenvalue weighted by atomic mass is 9.97. The summed E-state index contributed by atoms with van der Waals surface area (Å²) in [4.78, 5) is 2.55. The summed E-state index contributed by atoms with van der Waals surface area (Å²) in [6, 6.07) is 8.76. The lowest BCUT2D eigenvalue weighted by Crippen LogP contribution is -2.48. The van der Waals surface area contributed by atoms with Crippen molar-refractivity contribution in [1.29, 1.82) is 0 Å². The molecule has 1 unspecified atom stereocenters. The molecule has 1 atom stereocenters. The molecule has 1 N–H and O–H groups in total. The Bertz CT molecular complexity index is 421. The highest BCUT2D eigenvalue weighted by Gasteiger charge is 2.27. The Hall–Kier alpha value is -1.06. The topological polar surface area (TPSA) is 24.5 Å². The van der Waals surface area contributed by atoms with Gasteiger partial charge in [-0.1, -0.05) is 25.1 Å². The lowest BCUT2D eigenvalue weighted by molar-refractivity contribution is 0.202. The van der Waals surface area contributed by atoms with E-state index in [4.69, 9.17) is 4.74 Å². The Morgan fingerprint density at radius 1 is 1.35 bits per heavy atom. The van der Waals surface area contributed by atoms with Crippen LogP contribution in [-0.2, 0) is 11.2 Å². The molecule has 1 heterocycles. The Labute approximate surface area is 123 Å². The Kier molecular flexibility index (Phi) is 5.44. The number of hydrogen-bond donors (Lipinski definition) is 1. The fourth-order valence-electron chi connectivity index (χ4n) is 2.90. The fourth-order valence-corrected chi connectivity index (χ4v) is 2.90. The molecule has 0 spiro atoms. The molecule has 1 aliphatic heterocycles. The van der Waals surface area contributed by atoms with Crippen LogP contribution in [0.15, 0.2) is 24.3 Å². The summed E-state index contributed by atoms with van der Waals surface area (Å²) < 4.78 is 5.24. The van der Waals surface area contributed by atoms with Crippen molar-refractivity contribution in [2.24, 2.45) is 0 Å². The predicted molar refractivity (Wildman–Crippen MR) is 85.6 cm³/mol. The standard InChI is InChI=1S/C17H28N2O/c1-4-17(2)14-19(12-7-11-18-17)16-9-6-5-8-15(16)10-13-20-3/h5-6,8-9,18H,4,7,10-14H2,1-3H3. The van der Waals surface area contributed by atoms with Gasteiger partial charge in [-0.3, -0.25) is 0 Å². The number of hydrogen-bond acceptors (Lipinski definition) is 3. The molecule has 20 heavy (non-hydrogen) atoms. The molecule has 1 aromatic carbocycles. The molecular formula is C17H28N2O. The molecule has 0 bridgehead atoms. The van der Waals surface area contributed by atoms with Gasteiger partial charge in [-0.2, -0.15) is 0 Å². The third-order valence-electron chi connectivity index (χ3n) is 4.38. The first-order valence-corrected chi connectivity index (χ1v) is 7.75. The number of anilines is 1. The SMILES string of the molecule is CCC1(C)CN(c2ccccc2CCOC)CCCN1. The van der Waals surface area contributed by atoms with Crippen molar-refractivity contribution in [2.75, 3.05) is 38.3 Å². The van der Waals surface area contributed by atoms with Gasteiger partial charge in [0.15, 0.2) is 0 Å². The van der Waals surface area contributed by atoms with Gasteiger partial charge in [0.2, 0.25) is 0 Å². The quantitative estimate of drug-likeness (QED) is 0.895. The number of benzene rings is 1. The molecule has 0 aliphatic carbocycles. The number of nitrogens with one attached hydrogen (secondary N) is 1. The van der Waals surface area contributed by atoms with E-state index in [2.05, 4.69) is 48.3 Å². The predicted octanol–water partition coefficient (Wildman–Crippen LogP) is 2.84. The maximum atomic E-state index is 5.24. The molecule has 1 saturated heterocycles. The zero-order valence-electron chi connectivity index (χ0n) is 13.1. The Morgan fingerprint density at radius 3 is 2.90 bits per heavy atom. The van der Waals surface area contributed by atoms with E-state index >= 15 is 0 Å². The van der Waals surface area contributed by atoms with Crippen molar-refractivity contribution in [3.05, 3.63) is 29.8 Å². The molecule has 3 heteroatoms. The van der Waals surface area contributed by atoms with E-state index in [1.165, 1.54) is 17.7 Å². The maximum absolute atomic E-state index is 5.24. The van der Waals surface area contributed by atoms with Crippen LogP contribution in [-0.4, -0.2) is 38.9 Å². The van der Waals surface area contributed by atoms with Crippen LogP contribution < -0.4 is 10.2 Å². The average Bonchev–Trinajstić information content (AvgIpc) is 2.68. The number of para-hydroxylation sites is 1. The van der Waals surface area contributed by atoms with Crippen LogP contribution in [0.5, 0.6) is 0 Å². The van der Waals surface area contributed by atoms with Crippen molar-refractivity contribution >= 4 is 5.69 Å². The van der Waals surface area contributed by atoms with Crippen LogP contribution in [0.2, 0.25) is 0 Å². The van der Waals surface area contributed by atoms with Crippen LogP contribution in [0.3, 0.4) is 0 Å². The van der Waals surface area contributed by atoms with Crippen LogP contribution in [0.4, 0.5) is 5.69 Å². The van der Waals surface area contributed by atoms with Crippen molar-refractivity contribution < 1.29 is 4.74 Å². The fraction of sp³-hybridized carbons (Fsp3) is 0.647. The minimum atomic E-state index is 0.213. The highest BCUT2D eigenvalue weighted by atomic mass is 16.5. The van der Waals surface area contributed by atoms with Crippen molar-refractivity contribution in [3.8, 4) is 0 Å². The molecule has 0 amide bonds.